The summed E-state index contributed by atoms with van der Waals surface area (Å²) in [6.07, 6.45) is 0.896. The number of aryl methyl sites for hydroxylation is 1. The van der Waals surface area contributed by atoms with Crippen molar-refractivity contribution in [3.8, 4) is 5.75 Å². The molecule has 4 heteroatoms. The molecule has 0 saturated heterocycles. The van der Waals surface area contributed by atoms with E-state index in [4.69, 9.17) is 14.1 Å². The van der Waals surface area contributed by atoms with E-state index in [1.807, 2.05) is 31.2 Å². The molecule has 0 bridgehead atoms. The molecule has 1 aliphatic rings. The fourth-order valence-electron chi connectivity index (χ4n) is 2.68. The summed E-state index contributed by atoms with van der Waals surface area (Å²) < 4.78 is 11.1. The maximum atomic E-state index is 5.89. The predicted octanol–water partition coefficient (Wildman–Crippen LogP) is 4.04. The monoisotopic (exact) mass is 298 g/mol. The lowest BCUT2D eigenvalue weighted by molar-refractivity contribution is 0.339. The summed E-state index contributed by atoms with van der Waals surface area (Å²) in [4.78, 5) is 4.78. The van der Waals surface area contributed by atoms with Crippen molar-refractivity contribution in [2.24, 2.45) is 10.4 Å². The molecule has 3 rings (SSSR count). The molecular weight excluding hydrogens is 276 g/mol. The first-order valence-electron chi connectivity index (χ1n) is 7.52. The van der Waals surface area contributed by atoms with Crippen LogP contribution in [-0.4, -0.2) is 19.5 Å². The summed E-state index contributed by atoms with van der Waals surface area (Å²) in [7, 11) is 1.67. The maximum absolute atomic E-state index is 5.89. The van der Waals surface area contributed by atoms with E-state index in [1.54, 1.807) is 7.11 Å². The van der Waals surface area contributed by atoms with Gasteiger partial charge < -0.3 is 14.5 Å². The molecule has 0 radical (unpaired) electrons. The molecule has 0 aliphatic carbocycles. The first-order valence-corrected chi connectivity index (χ1v) is 7.52. The molecule has 1 aliphatic heterocycles. The smallest absolute Gasteiger partial charge is 0.136 e. The molecule has 0 atom stereocenters. The Morgan fingerprint density at radius 3 is 2.64 bits per heavy atom. The van der Waals surface area contributed by atoms with Gasteiger partial charge in [0.15, 0.2) is 0 Å². The van der Waals surface area contributed by atoms with Crippen LogP contribution in [0.3, 0.4) is 0 Å². The maximum Gasteiger partial charge on any atom is 0.136 e. The van der Waals surface area contributed by atoms with E-state index >= 15 is 0 Å². The van der Waals surface area contributed by atoms with Gasteiger partial charge in [0.1, 0.15) is 23.1 Å². The second-order valence-corrected chi connectivity index (χ2v) is 6.55. The molecule has 2 aromatic rings. The summed E-state index contributed by atoms with van der Waals surface area (Å²) in [6.45, 7) is 7.18. The predicted molar refractivity (Wildman–Crippen MR) is 89.0 cm³/mol. The molecule has 1 aromatic heterocycles. The second-order valence-electron chi connectivity index (χ2n) is 6.55. The Kier molecular flexibility index (Phi) is 3.69. The summed E-state index contributed by atoms with van der Waals surface area (Å²) in [5, 5.41) is 3.41. The van der Waals surface area contributed by atoms with Crippen LogP contribution >= 0.6 is 0 Å². The SMILES string of the molecule is COc1ccc(NC2=NCC(C)(C)Cc3oc(C)cc32)cc1. The minimum Gasteiger partial charge on any atom is -0.497 e. The van der Waals surface area contributed by atoms with Crippen LogP contribution in [0.5, 0.6) is 5.75 Å². The third-order valence-corrected chi connectivity index (χ3v) is 3.84. The quantitative estimate of drug-likeness (QED) is 0.910. The van der Waals surface area contributed by atoms with Crippen molar-refractivity contribution in [1.29, 1.82) is 0 Å². The van der Waals surface area contributed by atoms with Crippen LogP contribution in [0.2, 0.25) is 0 Å². The Morgan fingerprint density at radius 1 is 1.23 bits per heavy atom. The number of hydrogen-bond donors (Lipinski definition) is 1. The minimum absolute atomic E-state index is 0.0996. The highest BCUT2D eigenvalue weighted by Gasteiger charge is 2.28. The Hall–Kier alpha value is -2.23. The number of hydrogen-bond acceptors (Lipinski definition) is 4. The van der Waals surface area contributed by atoms with Gasteiger partial charge in [-0.15, -0.1) is 0 Å². The summed E-state index contributed by atoms with van der Waals surface area (Å²) in [6, 6.07) is 9.91. The van der Waals surface area contributed by atoms with Gasteiger partial charge in [0, 0.05) is 18.7 Å². The Labute approximate surface area is 131 Å². The summed E-state index contributed by atoms with van der Waals surface area (Å²) in [5.74, 6) is 3.66. The number of ether oxygens (including phenoxy) is 1. The second kappa shape index (κ2) is 5.52. The minimum atomic E-state index is 0.0996. The Balaban J connectivity index is 1.92. The van der Waals surface area contributed by atoms with Gasteiger partial charge in [-0.25, -0.2) is 0 Å². The van der Waals surface area contributed by atoms with Crippen LogP contribution in [0.25, 0.3) is 0 Å². The first kappa shape index (κ1) is 14.7. The molecule has 1 N–H and O–H groups in total. The van der Waals surface area contributed by atoms with E-state index in [-0.39, 0.29) is 5.41 Å². The van der Waals surface area contributed by atoms with Gasteiger partial charge in [0.25, 0.3) is 0 Å². The number of aliphatic imine (C=N–C) groups is 1. The highest BCUT2D eigenvalue weighted by molar-refractivity contribution is 6.09. The van der Waals surface area contributed by atoms with E-state index in [0.717, 1.165) is 47.3 Å². The van der Waals surface area contributed by atoms with Gasteiger partial charge in [0.05, 0.1) is 12.7 Å². The normalized spacial score (nSPS) is 16.5. The Bertz CT molecular complexity index is 696. The van der Waals surface area contributed by atoms with Crippen molar-refractivity contribution < 1.29 is 9.15 Å². The molecule has 0 saturated carbocycles. The summed E-state index contributed by atoms with van der Waals surface area (Å²) in [5.41, 5.74) is 2.16. The van der Waals surface area contributed by atoms with Gasteiger partial charge in [-0.05, 0) is 42.7 Å². The number of nitrogens with zero attached hydrogens (tertiary/aromatic N) is 1. The molecule has 1 aromatic carbocycles. The Morgan fingerprint density at radius 2 is 1.95 bits per heavy atom. The van der Waals surface area contributed by atoms with Crippen molar-refractivity contribution in [2.45, 2.75) is 27.2 Å². The zero-order chi connectivity index (χ0) is 15.7. The number of amidine groups is 1. The van der Waals surface area contributed by atoms with Crippen LogP contribution in [0.4, 0.5) is 5.69 Å². The summed E-state index contributed by atoms with van der Waals surface area (Å²) >= 11 is 0. The third-order valence-electron chi connectivity index (χ3n) is 3.84. The number of fused-ring (bicyclic) bond motifs is 1. The molecule has 4 nitrogen and oxygen atoms in total. The highest BCUT2D eigenvalue weighted by Crippen LogP contribution is 2.30. The van der Waals surface area contributed by atoms with E-state index in [1.165, 1.54) is 0 Å². The van der Waals surface area contributed by atoms with Crippen molar-refractivity contribution in [3.63, 3.8) is 0 Å². The average Bonchev–Trinajstić information content (AvgIpc) is 2.78. The van der Waals surface area contributed by atoms with Gasteiger partial charge in [0.2, 0.25) is 0 Å². The zero-order valence-corrected chi connectivity index (χ0v) is 13.6. The van der Waals surface area contributed by atoms with Crippen LogP contribution < -0.4 is 10.1 Å². The molecular formula is C18H22N2O2. The van der Waals surface area contributed by atoms with Crippen LogP contribution in [0, 0.1) is 12.3 Å². The van der Waals surface area contributed by atoms with Crippen molar-refractivity contribution >= 4 is 11.5 Å². The molecule has 116 valence electrons. The fourth-order valence-corrected chi connectivity index (χ4v) is 2.68. The number of methoxy groups -OCH3 is 1. The lowest BCUT2D eigenvalue weighted by Gasteiger charge is -2.19. The largest absolute Gasteiger partial charge is 0.497 e. The third kappa shape index (κ3) is 3.01. The van der Waals surface area contributed by atoms with Crippen LogP contribution in [0.15, 0.2) is 39.7 Å². The average molecular weight is 298 g/mol. The van der Waals surface area contributed by atoms with Crippen LogP contribution in [0.1, 0.15) is 30.9 Å². The number of benzene rings is 1. The number of anilines is 1. The van der Waals surface area contributed by atoms with E-state index in [9.17, 15) is 0 Å². The van der Waals surface area contributed by atoms with E-state index in [2.05, 4.69) is 25.2 Å². The van der Waals surface area contributed by atoms with Crippen molar-refractivity contribution in [1.82, 2.24) is 0 Å². The topological polar surface area (TPSA) is 46.8 Å². The first-order chi connectivity index (χ1) is 10.5. The zero-order valence-electron chi connectivity index (χ0n) is 13.6. The van der Waals surface area contributed by atoms with E-state index < -0.39 is 0 Å². The molecule has 0 fully saturated rings. The fraction of sp³-hybridized carbons (Fsp3) is 0.389. The number of rotatable bonds is 2. The number of nitrogens with one attached hydrogen (secondary N) is 1. The molecule has 22 heavy (non-hydrogen) atoms. The lowest BCUT2D eigenvalue weighted by Crippen LogP contribution is -2.18. The van der Waals surface area contributed by atoms with E-state index in [0.29, 0.717) is 0 Å². The van der Waals surface area contributed by atoms with Crippen molar-refractivity contribution in [2.75, 3.05) is 19.0 Å². The number of furan rings is 1. The standard InChI is InChI=1S/C18H22N2O2/c1-12-9-15-16(22-12)10-18(2,3)11-19-17(15)20-13-5-7-14(21-4)8-6-13/h5-9H,10-11H2,1-4H3,(H,19,20). The molecule has 0 unspecified atom stereocenters. The lowest BCUT2D eigenvalue weighted by atomic mass is 9.88. The van der Waals surface area contributed by atoms with Gasteiger partial charge in [-0.1, -0.05) is 13.8 Å². The van der Waals surface area contributed by atoms with Gasteiger partial charge in [-0.3, -0.25) is 4.99 Å². The van der Waals surface area contributed by atoms with Crippen molar-refractivity contribution in [3.05, 3.63) is 47.4 Å². The van der Waals surface area contributed by atoms with Gasteiger partial charge >= 0.3 is 0 Å². The molecule has 2 heterocycles. The molecule has 0 spiro atoms. The highest BCUT2D eigenvalue weighted by atomic mass is 16.5. The van der Waals surface area contributed by atoms with Crippen LogP contribution in [-0.2, 0) is 6.42 Å². The van der Waals surface area contributed by atoms with Gasteiger partial charge in [-0.2, -0.15) is 0 Å². The molecule has 0 amide bonds.